The van der Waals surface area contributed by atoms with E-state index in [4.69, 9.17) is 4.74 Å². The molecule has 3 N–H and O–H groups in total. The van der Waals surface area contributed by atoms with Crippen LogP contribution in [-0.4, -0.2) is 91.8 Å². The highest BCUT2D eigenvalue weighted by Crippen LogP contribution is 2.40. The lowest BCUT2D eigenvalue weighted by Gasteiger charge is -2.18. The topological polar surface area (TPSA) is 114 Å². The molecule has 1 aliphatic rings. The van der Waals surface area contributed by atoms with Crippen molar-refractivity contribution < 1.29 is 20.1 Å². The van der Waals surface area contributed by atoms with Crippen molar-refractivity contribution in [1.29, 1.82) is 0 Å². The number of rotatable bonds is 9. The van der Waals surface area contributed by atoms with Crippen molar-refractivity contribution in [3.05, 3.63) is 23.7 Å². The van der Waals surface area contributed by atoms with E-state index in [0.29, 0.717) is 29.2 Å². The van der Waals surface area contributed by atoms with Gasteiger partial charge in [-0.1, -0.05) is 23.4 Å². The minimum absolute atomic E-state index is 0.0392. The number of nitrogens with zero attached hydrogens (tertiary/aromatic N) is 4. The van der Waals surface area contributed by atoms with Gasteiger partial charge in [-0.25, -0.2) is 15.0 Å². The zero-order valence-corrected chi connectivity index (χ0v) is 20.3. The molecular formula is C21H33N4O4PS. The smallest absolute Gasteiger partial charge is 0.189 e. The summed E-state index contributed by atoms with van der Waals surface area (Å²) in [6, 6.07) is 0. The largest absolute Gasteiger partial charge is 0.392 e. The number of fused-ring (bicyclic) bond motifs is 1. The molecule has 1 fully saturated rings. The van der Waals surface area contributed by atoms with Crippen LogP contribution in [0.15, 0.2) is 23.1 Å². The number of aromatic nitrogens is 4. The maximum atomic E-state index is 10.7. The fourth-order valence-corrected chi connectivity index (χ4v) is 4.93. The molecule has 2 aromatic heterocycles. The van der Waals surface area contributed by atoms with Crippen molar-refractivity contribution in [3.8, 4) is 0 Å². The van der Waals surface area contributed by atoms with Gasteiger partial charge in [-0.3, -0.25) is 4.57 Å². The van der Waals surface area contributed by atoms with Gasteiger partial charge in [-0.05, 0) is 51.9 Å². The SMILES string of the molecule is C=P(C)(C)CC[C@H]1O[C@@H](n2cnc3c(CC/C=C(/C)CO)nc(SC)nc32)[C@H](O)[C@@H]1O. The molecule has 10 heteroatoms. The molecule has 8 nitrogen and oxygen atoms in total. The van der Waals surface area contributed by atoms with Crippen molar-refractivity contribution >= 4 is 36.1 Å². The van der Waals surface area contributed by atoms with Gasteiger partial charge in [-0.15, -0.1) is 13.2 Å². The van der Waals surface area contributed by atoms with Crippen LogP contribution in [0, 0.1) is 0 Å². The average Bonchev–Trinajstić information content (AvgIpc) is 3.27. The maximum absolute atomic E-state index is 10.7. The molecular weight excluding hydrogens is 435 g/mol. The van der Waals surface area contributed by atoms with E-state index in [1.54, 1.807) is 10.9 Å². The van der Waals surface area contributed by atoms with E-state index in [-0.39, 0.29) is 6.61 Å². The summed E-state index contributed by atoms with van der Waals surface area (Å²) in [6.45, 7) is 4.96. The van der Waals surface area contributed by atoms with Gasteiger partial charge in [0, 0.05) is 0 Å². The lowest BCUT2D eigenvalue weighted by atomic mass is 10.1. The van der Waals surface area contributed by atoms with Crippen LogP contribution in [-0.2, 0) is 11.2 Å². The van der Waals surface area contributed by atoms with E-state index in [0.717, 1.165) is 23.8 Å². The molecule has 31 heavy (non-hydrogen) atoms. The predicted octanol–water partition coefficient (Wildman–Crippen LogP) is 2.14. The summed E-state index contributed by atoms with van der Waals surface area (Å²) in [5, 5.41) is 31.1. The normalized spacial score (nSPS) is 24.9. The van der Waals surface area contributed by atoms with E-state index in [9.17, 15) is 15.3 Å². The number of aliphatic hydroxyl groups excluding tert-OH is 3. The van der Waals surface area contributed by atoms with Gasteiger partial charge in [0.15, 0.2) is 17.0 Å². The summed E-state index contributed by atoms with van der Waals surface area (Å²) in [7, 11) is 0. The monoisotopic (exact) mass is 468 g/mol. The number of thioether (sulfide) groups is 1. The third-order valence-electron chi connectivity index (χ3n) is 5.41. The molecule has 4 atom stereocenters. The Morgan fingerprint density at radius 2 is 2.06 bits per heavy atom. The quantitative estimate of drug-likeness (QED) is 0.222. The molecule has 0 saturated carbocycles. The first kappa shape index (κ1) is 24.4. The standard InChI is InChI=1S/C21H33N4O4PS/c1-13(11-26)7-6-8-14-16-19(24-21(23-14)31-5)25(12-22-16)20-18(28)17(27)15(29-20)9-10-30(2,3)4/h7,12,15,17-18,20,26-28H,2,6,8-11H2,1,3-5H3/b13-7-/t15-,17-,18-,20-/m1/s1. The first-order valence-electron chi connectivity index (χ1n) is 10.4. The highest BCUT2D eigenvalue weighted by Gasteiger charge is 2.44. The Morgan fingerprint density at radius 1 is 1.32 bits per heavy atom. The number of hydrogen-bond donors (Lipinski definition) is 3. The fourth-order valence-electron chi connectivity index (χ4n) is 3.60. The van der Waals surface area contributed by atoms with Crippen molar-refractivity contribution in [3.63, 3.8) is 0 Å². The molecule has 1 saturated heterocycles. The number of hydrogen-bond acceptors (Lipinski definition) is 8. The Balaban J connectivity index is 1.89. The molecule has 1 aliphatic heterocycles. The summed E-state index contributed by atoms with van der Waals surface area (Å²) >= 11 is 1.43. The van der Waals surface area contributed by atoms with Crippen molar-refractivity contribution in [1.82, 2.24) is 19.5 Å². The summed E-state index contributed by atoms with van der Waals surface area (Å²) < 4.78 is 7.78. The molecule has 172 valence electrons. The number of imidazole rings is 1. The minimum atomic E-state index is -1.26. The molecule has 0 aromatic carbocycles. The Morgan fingerprint density at radius 3 is 2.71 bits per heavy atom. The Labute approximate surface area is 187 Å². The number of allylic oxidation sites excluding steroid dienone is 1. The zero-order valence-electron chi connectivity index (χ0n) is 18.6. The van der Waals surface area contributed by atoms with E-state index in [1.165, 1.54) is 11.8 Å². The Bertz CT molecular complexity index is 989. The number of aryl methyl sites for hydroxylation is 1. The van der Waals surface area contributed by atoms with Crippen molar-refractivity contribution in [2.24, 2.45) is 0 Å². The van der Waals surface area contributed by atoms with E-state index in [1.807, 2.05) is 19.3 Å². The molecule has 0 unspecified atom stereocenters. The Kier molecular flexibility index (Phi) is 8.00. The molecule has 0 amide bonds. The average molecular weight is 469 g/mol. The molecule has 3 rings (SSSR count). The van der Waals surface area contributed by atoms with Crippen LogP contribution < -0.4 is 0 Å². The third-order valence-corrected chi connectivity index (χ3v) is 7.43. The summed E-state index contributed by atoms with van der Waals surface area (Å²) in [4.78, 5) is 13.7. The first-order valence-corrected chi connectivity index (χ1v) is 14.7. The number of aliphatic hydroxyl groups is 3. The predicted molar refractivity (Wildman–Crippen MR) is 128 cm³/mol. The first-order chi connectivity index (χ1) is 14.6. The maximum Gasteiger partial charge on any atom is 0.189 e. The van der Waals surface area contributed by atoms with Crippen molar-refractivity contribution in [2.45, 2.75) is 55.9 Å². The highest BCUT2D eigenvalue weighted by molar-refractivity contribution is 7.98. The highest BCUT2D eigenvalue weighted by atomic mass is 32.2. The summed E-state index contributed by atoms with van der Waals surface area (Å²) in [5.74, 6) is 0. The Hall–Kier alpha value is -1.22. The van der Waals surface area contributed by atoms with Gasteiger partial charge in [0.25, 0.3) is 0 Å². The zero-order chi connectivity index (χ0) is 22.8. The minimum Gasteiger partial charge on any atom is -0.392 e. The molecule has 2 aromatic rings. The second kappa shape index (κ2) is 10.1. The van der Waals surface area contributed by atoms with Crippen molar-refractivity contribution in [2.75, 3.05) is 32.4 Å². The molecule has 3 heterocycles. The van der Waals surface area contributed by atoms with E-state index in [2.05, 4.69) is 34.6 Å². The van der Waals surface area contributed by atoms with Gasteiger partial charge >= 0.3 is 0 Å². The van der Waals surface area contributed by atoms with Gasteiger partial charge < -0.3 is 20.1 Å². The fraction of sp³-hybridized carbons (Fsp3) is 0.619. The molecule has 0 radical (unpaired) electrons. The van der Waals surface area contributed by atoms with E-state index >= 15 is 0 Å². The molecule has 0 bridgehead atoms. The molecule has 0 aliphatic carbocycles. The summed E-state index contributed by atoms with van der Waals surface area (Å²) in [5.41, 5.74) is 2.96. The van der Waals surface area contributed by atoms with Crippen LogP contribution in [0.3, 0.4) is 0 Å². The lowest BCUT2D eigenvalue weighted by Crippen LogP contribution is -2.31. The third kappa shape index (κ3) is 5.78. The second-order valence-corrected chi connectivity index (χ2v) is 13.8. The van der Waals surface area contributed by atoms with Crippen LogP contribution in [0.25, 0.3) is 11.2 Å². The summed E-state index contributed by atoms with van der Waals surface area (Å²) in [6.07, 6.45) is 9.37. The van der Waals surface area contributed by atoms with Crippen LogP contribution >= 0.6 is 18.6 Å². The van der Waals surface area contributed by atoms with Gasteiger partial charge in [-0.2, -0.15) is 0 Å². The van der Waals surface area contributed by atoms with E-state index < -0.39 is 31.4 Å². The number of ether oxygens (including phenoxy) is 1. The van der Waals surface area contributed by atoms with Crippen LogP contribution in [0.1, 0.15) is 31.7 Å². The van der Waals surface area contributed by atoms with Crippen LogP contribution in [0.4, 0.5) is 0 Å². The second-order valence-electron chi connectivity index (χ2n) is 8.72. The van der Waals surface area contributed by atoms with Crippen LogP contribution in [0.5, 0.6) is 0 Å². The van der Waals surface area contributed by atoms with Gasteiger partial charge in [0.2, 0.25) is 0 Å². The molecule has 0 spiro atoms. The van der Waals surface area contributed by atoms with Gasteiger partial charge in [0.1, 0.15) is 17.7 Å². The van der Waals surface area contributed by atoms with Gasteiger partial charge in [0.05, 0.1) is 24.7 Å². The lowest BCUT2D eigenvalue weighted by molar-refractivity contribution is -0.0353. The van der Waals surface area contributed by atoms with Crippen LogP contribution in [0.2, 0.25) is 0 Å².